The minimum atomic E-state index is -0.194. The van der Waals surface area contributed by atoms with Crippen LogP contribution in [-0.4, -0.2) is 15.9 Å². The van der Waals surface area contributed by atoms with Crippen molar-refractivity contribution in [3.63, 3.8) is 0 Å². The number of hydrogen-bond donors (Lipinski definition) is 0. The summed E-state index contributed by atoms with van der Waals surface area (Å²) in [5.74, 6) is 0.510. The zero-order valence-electron chi connectivity index (χ0n) is 15.7. The van der Waals surface area contributed by atoms with Gasteiger partial charge in [0.25, 0.3) is 0 Å². The van der Waals surface area contributed by atoms with Crippen molar-refractivity contribution in [1.29, 1.82) is 0 Å². The topological polar surface area (TPSA) is 52.1 Å². The van der Waals surface area contributed by atoms with Crippen molar-refractivity contribution in [2.75, 3.05) is 0 Å². The highest BCUT2D eigenvalue weighted by Crippen LogP contribution is 2.29. The van der Waals surface area contributed by atoms with Crippen LogP contribution in [0.15, 0.2) is 36.7 Å². The molecule has 0 atom stereocenters. The van der Waals surface area contributed by atoms with E-state index in [4.69, 9.17) is 4.74 Å². The van der Waals surface area contributed by atoms with E-state index in [0.717, 1.165) is 36.8 Å². The summed E-state index contributed by atoms with van der Waals surface area (Å²) in [6, 6.07) is 8.30. The van der Waals surface area contributed by atoms with Crippen LogP contribution in [0.4, 0.5) is 0 Å². The van der Waals surface area contributed by atoms with Gasteiger partial charge in [-0.2, -0.15) is 0 Å². The fourth-order valence-corrected chi connectivity index (χ4v) is 2.93. The SMILES string of the molecule is CC.Cc1ccc(-c2cnc(OC(=O)C3CCC(C)CC3)nc2)cc1. The predicted molar refractivity (Wildman–Crippen MR) is 100 cm³/mol. The van der Waals surface area contributed by atoms with Crippen LogP contribution in [0.5, 0.6) is 6.01 Å². The van der Waals surface area contributed by atoms with E-state index >= 15 is 0 Å². The molecule has 134 valence electrons. The lowest BCUT2D eigenvalue weighted by atomic mass is 9.83. The molecule has 1 saturated carbocycles. The standard InChI is InChI=1S/C19H22N2O2.C2H6/c1-13-3-7-15(8-4-13)17-11-20-19(21-12-17)23-18(22)16-9-5-14(2)6-10-16;1-2/h3-4,7-8,11-12,14,16H,5-6,9-10H2,1-2H3;1-2H3. The van der Waals surface area contributed by atoms with Gasteiger partial charge >= 0.3 is 12.0 Å². The lowest BCUT2D eigenvalue weighted by Crippen LogP contribution is -2.25. The molecular weight excluding hydrogens is 312 g/mol. The molecular formula is C21H28N2O2. The van der Waals surface area contributed by atoms with Crippen LogP contribution in [0.1, 0.15) is 52.0 Å². The average Bonchev–Trinajstić information content (AvgIpc) is 2.65. The Bertz CT molecular complexity index is 657. The molecule has 0 aliphatic heterocycles. The summed E-state index contributed by atoms with van der Waals surface area (Å²) >= 11 is 0. The Kier molecular flexibility index (Phi) is 7.11. The van der Waals surface area contributed by atoms with E-state index in [1.165, 1.54) is 5.56 Å². The Morgan fingerprint density at radius 3 is 2.08 bits per heavy atom. The third-order valence-electron chi connectivity index (χ3n) is 4.55. The first kappa shape index (κ1) is 19.1. The molecule has 1 aromatic carbocycles. The smallest absolute Gasteiger partial charge is 0.324 e. The number of esters is 1. The van der Waals surface area contributed by atoms with Gasteiger partial charge in [0.15, 0.2) is 0 Å². The quantitative estimate of drug-likeness (QED) is 0.720. The third-order valence-corrected chi connectivity index (χ3v) is 4.55. The molecule has 0 unspecified atom stereocenters. The number of aromatic nitrogens is 2. The molecule has 0 N–H and O–H groups in total. The van der Waals surface area contributed by atoms with E-state index in [1.807, 2.05) is 38.1 Å². The second kappa shape index (κ2) is 9.30. The van der Waals surface area contributed by atoms with Crippen molar-refractivity contribution >= 4 is 5.97 Å². The maximum absolute atomic E-state index is 12.2. The largest absolute Gasteiger partial charge is 0.391 e. The van der Waals surface area contributed by atoms with Crippen LogP contribution in [0, 0.1) is 18.8 Å². The van der Waals surface area contributed by atoms with Gasteiger partial charge in [-0.25, -0.2) is 9.97 Å². The minimum Gasteiger partial charge on any atom is -0.391 e. The van der Waals surface area contributed by atoms with Gasteiger partial charge in [-0.3, -0.25) is 4.79 Å². The Morgan fingerprint density at radius 2 is 1.52 bits per heavy atom. The minimum absolute atomic E-state index is 0.00780. The average molecular weight is 340 g/mol. The summed E-state index contributed by atoms with van der Waals surface area (Å²) < 4.78 is 5.34. The van der Waals surface area contributed by atoms with E-state index in [-0.39, 0.29) is 17.9 Å². The van der Waals surface area contributed by atoms with Crippen LogP contribution in [-0.2, 0) is 4.79 Å². The van der Waals surface area contributed by atoms with Gasteiger partial charge in [0.1, 0.15) is 0 Å². The number of carbonyl (C=O) groups excluding carboxylic acids is 1. The summed E-state index contributed by atoms with van der Waals surface area (Å²) in [6.07, 6.45) is 7.38. The molecule has 4 heteroatoms. The first-order chi connectivity index (χ1) is 12.1. The van der Waals surface area contributed by atoms with Gasteiger partial charge in [-0.1, -0.05) is 50.6 Å². The summed E-state index contributed by atoms with van der Waals surface area (Å²) in [5, 5.41) is 0. The number of rotatable bonds is 3. The van der Waals surface area contributed by atoms with Crippen LogP contribution in [0.25, 0.3) is 11.1 Å². The fraction of sp³-hybridized carbons (Fsp3) is 0.476. The Morgan fingerprint density at radius 1 is 0.960 bits per heavy atom. The summed E-state index contributed by atoms with van der Waals surface area (Å²) in [7, 11) is 0. The summed E-state index contributed by atoms with van der Waals surface area (Å²) in [6.45, 7) is 8.28. The lowest BCUT2D eigenvalue weighted by Gasteiger charge is -2.23. The first-order valence-electron chi connectivity index (χ1n) is 9.22. The zero-order valence-corrected chi connectivity index (χ0v) is 15.7. The van der Waals surface area contributed by atoms with Gasteiger partial charge < -0.3 is 4.74 Å². The molecule has 1 fully saturated rings. The number of aryl methyl sites for hydroxylation is 1. The normalized spacial score (nSPS) is 19.5. The predicted octanol–water partition coefficient (Wildman–Crippen LogP) is 5.21. The van der Waals surface area contributed by atoms with E-state index in [2.05, 4.69) is 23.8 Å². The summed E-state index contributed by atoms with van der Waals surface area (Å²) in [4.78, 5) is 20.5. The van der Waals surface area contributed by atoms with Gasteiger partial charge in [-0.05, 0) is 44.1 Å². The van der Waals surface area contributed by atoms with E-state index < -0.39 is 0 Å². The van der Waals surface area contributed by atoms with Crippen LogP contribution in [0.3, 0.4) is 0 Å². The van der Waals surface area contributed by atoms with E-state index in [0.29, 0.717) is 5.92 Å². The highest BCUT2D eigenvalue weighted by atomic mass is 16.5. The Labute approximate surface area is 150 Å². The van der Waals surface area contributed by atoms with Crippen molar-refractivity contribution in [2.45, 2.75) is 53.4 Å². The highest BCUT2D eigenvalue weighted by molar-refractivity contribution is 5.74. The molecule has 0 spiro atoms. The zero-order chi connectivity index (χ0) is 18.2. The molecule has 3 rings (SSSR count). The Balaban J connectivity index is 0.00000109. The molecule has 1 aliphatic rings. The molecule has 1 aliphatic carbocycles. The number of hydrogen-bond acceptors (Lipinski definition) is 4. The lowest BCUT2D eigenvalue weighted by molar-refractivity contribution is -0.140. The van der Waals surface area contributed by atoms with Gasteiger partial charge in [0.05, 0.1) is 5.92 Å². The summed E-state index contributed by atoms with van der Waals surface area (Å²) in [5.41, 5.74) is 3.17. The highest BCUT2D eigenvalue weighted by Gasteiger charge is 2.26. The molecule has 1 aromatic heterocycles. The molecule has 0 amide bonds. The van der Waals surface area contributed by atoms with Crippen molar-refractivity contribution in [2.24, 2.45) is 11.8 Å². The molecule has 0 saturated heterocycles. The molecule has 4 nitrogen and oxygen atoms in total. The molecule has 25 heavy (non-hydrogen) atoms. The van der Waals surface area contributed by atoms with Gasteiger partial charge in [0, 0.05) is 18.0 Å². The van der Waals surface area contributed by atoms with Crippen molar-refractivity contribution in [1.82, 2.24) is 9.97 Å². The number of carbonyl (C=O) groups is 1. The van der Waals surface area contributed by atoms with Crippen molar-refractivity contribution < 1.29 is 9.53 Å². The van der Waals surface area contributed by atoms with Crippen LogP contribution < -0.4 is 4.74 Å². The third kappa shape index (κ3) is 5.38. The monoisotopic (exact) mass is 340 g/mol. The van der Waals surface area contributed by atoms with Crippen molar-refractivity contribution in [3.05, 3.63) is 42.2 Å². The second-order valence-electron chi connectivity index (χ2n) is 6.50. The maximum Gasteiger partial charge on any atom is 0.324 e. The Hall–Kier alpha value is -2.23. The maximum atomic E-state index is 12.2. The number of benzene rings is 1. The number of ether oxygens (including phenoxy) is 1. The molecule has 0 bridgehead atoms. The molecule has 2 aromatic rings. The second-order valence-corrected chi connectivity index (χ2v) is 6.50. The van der Waals surface area contributed by atoms with Gasteiger partial charge in [0.2, 0.25) is 0 Å². The first-order valence-corrected chi connectivity index (χ1v) is 9.22. The molecule has 0 radical (unpaired) electrons. The van der Waals surface area contributed by atoms with Crippen LogP contribution in [0.2, 0.25) is 0 Å². The van der Waals surface area contributed by atoms with Gasteiger partial charge in [-0.15, -0.1) is 0 Å². The van der Waals surface area contributed by atoms with Crippen molar-refractivity contribution in [3.8, 4) is 17.1 Å². The molecule has 1 heterocycles. The van der Waals surface area contributed by atoms with Crippen LogP contribution >= 0.6 is 0 Å². The number of nitrogens with zero attached hydrogens (tertiary/aromatic N) is 2. The van der Waals surface area contributed by atoms with E-state index in [1.54, 1.807) is 12.4 Å². The fourth-order valence-electron chi connectivity index (χ4n) is 2.93. The van der Waals surface area contributed by atoms with E-state index in [9.17, 15) is 4.79 Å².